The van der Waals surface area contributed by atoms with Crippen LogP contribution >= 0.6 is 0 Å². The Morgan fingerprint density at radius 1 is 0.931 bits per heavy atom. The lowest BCUT2D eigenvalue weighted by Gasteiger charge is -2.60. The lowest BCUT2D eigenvalue weighted by Crippen LogP contribution is -2.54. The van der Waals surface area contributed by atoms with Crippen molar-refractivity contribution in [2.45, 2.75) is 90.3 Å². The van der Waals surface area contributed by atoms with Crippen molar-refractivity contribution in [1.82, 2.24) is 0 Å². The van der Waals surface area contributed by atoms with Crippen LogP contribution in [0.5, 0.6) is 0 Å². The predicted octanol–water partition coefficient (Wildman–Crippen LogP) is 5.10. The summed E-state index contributed by atoms with van der Waals surface area (Å²) in [6.45, 7) is 4.49. The molecular weight excluding hydrogens is 381 g/mol. The Kier molecular flexibility index (Phi) is 5.20. The third-order valence-electron chi connectivity index (χ3n) is 9.68. The van der Waals surface area contributed by atoms with Gasteiger partial charge in [-0.1, -0.05) is 13.8 Å². The van der Waals surface area contributed by atoms with Crippen molar-refractivity contribution in [2.24, 2.45) is 40.4 Å². The molecule has 4 rings (SSSR count). The van der Waals surface area contributed by atoms with Crippen molar-refractivity contribution >= 4 is 11.6 Å². The molecule has 0 radical (unpaired) electrons. The molecule has 6 heteroatoms. The largest absolute Gasteiger partial charge is 0.450 e. The zero-order valence-electron chi connectivity index (χ0n) is 17.4. The molecule has 4 fully saturated rings. The number of hydrogen-bond acceptors (Lipinski definition) is 3. The van der Waals surface area contributed by atoms with Gasteiger partial charge in [-0.15, -0.1) is 0 Å². The third kappa shape index (κ3) is 3.37. The predicted molar refractivity (Wildman–Crippen MR) is 102 cm³/mol. The fourth-order valence-electron chi connectivity index (χ4n) is 8.15. The Hall–Kier alpha value is -0.910. The van der Waals surface area contributed by atoms with E-state index in [1.165, 1.54) is 0 Å². The minimum atomic E-state index is -4.93. The standard InChI is InChI=1S/C23H33F3O3/c1-21-9-7-14(27)11-13(21)3-4-15-16-5-6-18(22(16,2)10-8-17(15)21)19(28)12-20(29)23(24,25)26/h13-18,27H,3-12H2,1-2H3/t13-,14+,15+,16+,17+,18-,21+,22+/m1/s1. The maximum atomic E-state index is 12.7. The van der Waals surface area contributed by atoms with Crippen LogP contribution in [0.2, 0.25) is 0 Å². The summed E-state index contributed by atoms with van der Waals surface area (Å²) >= 11 is 0. The highest BCUT2D eigenvalue weighted by molar-refractivity contribution is 6.02. The Morgan fingerprint density at radius 3 is 2.28 bits per heavy atom. The van der Waals surface area contributed by atoms with Crippen LogP contribution in [0.1, 0.15) is 78.1 Å². The molecule has 0 spiro atoms. The molecule has 4 saturated carbocycles. The van der Waals surface area contributed by atoms with Crippen molar-refractivity contribution in [3.63, 3.8) is 0 Å². The van der Waals surface area contributed by atoms with Gasteiger partial charge < -0.3 is 5.11 Å². The van der Waals surface area contributed by atoms with Gasteiger partial charge in [0.2, 0.25) is 5.78 Å². The molecule has 0 unspecified atom stereocenters. The maximum absolute atomic E-state index is 12.7. The molecule has 0 amide bonds. The average Bonchev–Trinajstić information content (AvgIpc) is 2.98. The minimum Gasteiger partial charge on any atom is -0.393 e. The Labute approximate surface area is 170 Å². The monoisotopic (exact) mass is 414 g/mol. The number of Topliss-reactive ketones (excluding diaryl/α,β-unsaturated/α-hetero) is 2. The number of aliphatic hydroxyl groups excluding tert-OH is 1. The lowest BCUT2D eigenvalue weighted by atomic mass is 9.44. The van der Waals surface area contributed by atoms with Gasteiger partial charge in [0.1, 0.15) is 5.78 Å². The van der Waals surface area contributed by atoms with E-state index in [4.69, 9.17) is 0 Å². The zero-order chi connectivity index (χ0) is 21.2. The molecule has 0 aromatic carbocycles. The summed E-state index contributed by atoms with van der Waals surface area (Å²) in [5.41, 5.74) is -0.0423. The fourth-order valence-corrected chi connectivity index (χ4v) is 8.15. The van der Waals surface area contributed by atoms with Crippen molar-refractivity contribution in [2.75, 3.05) is 0 Å². The first-order valence-corrected chi connectivity index (χ1v) is 11.3. The van der Waals surface area contributed by atoms with Crippen molar-refractivity contribution in [3.8, 4) is 0 Å². The molecule has 0 heterocycles. The number of hydrogen-bond donors (Lipinski definition) is 1. The normalized spacial score (nSPS) is 47.1. The Morgan fingerprint density at radius 2 is 1.59 bits per heavy atom. The van der Waals surface area contributed by atoms with E-state index in [0.29, 0.717) is 30.1 Å². The summed E-state index contributed by atoms with van der Waals surface area (Å²) < 4.78 is 38.0. The first-order valence-electron chi connectivity index (χ1n) is 11.3. The van der Waals surface area contributed by atoms with E-state index < -0.39 is 30.1 Å². The molecular formula is C23H33F3O3. The number of ketones is 2. The molecule has 1 N–H and O–H groups in total. The van der Waals surface area contributed by atoms with Crippen LogP contribution in [0.25, 0.3) is 0 Å². The van der Waals surface area contributed by atoms with E-state index in [1.807, 2.05) is 0 Å². The molecule has 4 aliphatic rings. The highest BCUT2D eigenvalue weighted by Gasteiger charge is 2.61. The number of rotatable bonds is 3. The molecule has 29 heavy (non-hydrogen) atoms. The van der Waals surface area contributed by atoms with Gasteiger partial charge in [-0.2, -0.15) is 13.2 Å². The second-order valence-corrected chi connectivity index (χ2v) is 10.8. The van der Waals surface area contributed by atoms with Gasteiger partial charge in [0, 0.05) is 5.92 Å². The highest BCUT2D eigenvalue weighted by atomic mass is 19.4. The van der Waals surface area contributed by atoms with Gasteiger partial charge in [0.25, 0.3) is 0 Å². The summed E-state index contributed by atoms with van der Waals surface area (Å²) in [5, 5.41) is 10.1. The Balaban J connectivity index is 1.52. The summed E-state index contributed by atoms with van der Waals surface area (Å²) in [5.74, 6) is -0.813. The number of carbonyl (C=O) groups excluding carboxylic acids is 2. The van der Waals surface area contributed by atoms with Crippen LogP contribution in [-0.4, -0.2) is 29.0 Å². The first kappa shape index (κ1) is 21.3. The zero-order valence-corrected chi connectivity index (χ0v) is 17.4. The van der Waals surface area contributed by atoms with Crippen LogP contribution in [0.15, 0.2) is 0 Å². The second-order valence-electron chi connectivity index (χ2n) is 10.8. The van der Waals surface area contributed by atoms with Crippen molar-refractivity contribution in [3.05, 3.63) is 0 Å². The van der Waals surface area contributed by atoms with Gasteiger partial charge in [-0.05, 0) is 92.3 Å². The van der Waals surface area contributed by atoms with Gasteiger partial charge in [0.15, 0.2) is 0 Å². The van der Waals surface area contributed by atoms with Gasteiger partial charge in [0.05, 0.1) is 12.5 Å². The summed E-state index contributed by atoms with van der Waals surface area (Å²) in [6, 6.07) is 0. The van der Waals surface area contributed by atoms with E-state index in [0.717, 1.165) is 51.4 Å². The van der Waals surface area contributed by atoms with Gasteiger partial charge >= 0.3 is 6.18 Å². The van der Waals surface area contributed by atoms with E-state index in [1.54, 1.807) is 0 Å². The molecule has 0 aromatic heterocycles. The van der Waals surface area contributed by atoms with E-state index >= 15 is 0 Å². The third-order valence-corrected chi connectivity index (χ3v) is 9.68. The molecule has 0 saturated heterocycles. The van der Waals surface area contributed by atoms with E-state index in [2.05, 4.69) is 13.8 Å². The second kappa shape index (κ2) is 7.06. The summed E-state index contributed by atoms with van der Waals surface area (Å²) in [6.07, 6.45) is 2.27. The molecule has 8 atom stereocenters. The molecule has 0 aliphatic heterocycles. The fraction of sp³-hybridized carbons (Fsp3) is 0.913. The molecule has 3 nitrogen and oxygen atoms in total. The van der Waals surface area contributed by atoms with Gasteiger partial charge in [-0.3, -0.25) is 9.59 Å². The van der Waals surface area contributed by atoms with Crippen molar-refractivity contribution in [1.29, 1.82) is 0 Å². The first-order chi connectivity index (χ1) is 13.5. The maximum Gasteiger partial charge on any atom is 0.450 e. The van der Waals surface area contributed by atoms with Crippen LogP contribution in [0.4, 0.5) is 13.2 Å². The number of aliphatic hydroxyl groups is 1. The highest BCUT2D eigenvalue weighted by Crippen LogP contribution is 2.67. The van der Waals surface area contributed by atoms with Crippen LogP contribution in [-0.2, 0) is 9.59 Å². The molecule has 0 aromatic rings. The number of halogens is 3. The molecule has 0 bridgehead atoms. The van der Waals surface area contributed by atoms with Gasteiger partial charge in [-0.25, -0.2) is 0 Å². The quantitative estimate of drug-likeness (QED) is 0.654. The summed E-state index contributed by atoms with van der Waals surface area (Å²) in [7, 11) is 0. The SMILES string of the molecule is C[C@]12CC[C@H](O)C[C@H]1CC[C@@H]1[C@@H]2CC[C@]2(C)[C@@H](C(=O)CC(=O)C(F)(F)F)CC[C@@H]12. The lowest BCUT2D eigenvalue weighted by molar-refractivity contribution is -0.172. The van der Waals surface area contributed by atoms with E-state index in [-0.39, 0.29) is 16.9 Å². The number of carbonyl (C=O) groups is 2. The van der Waals surface area contributed by atoms with Crippen LogP contribution in [0, 0.1) is 40.4 Å². The van der Waals surface area contributed by atoms with E-state index in [9.17, 15) is 27.9 Å². The number of alkyl halides is 3. The molecule has 4 aliphatic carbocycles. The smallest absolute Gasteiger partial charge is 0.393 e. The molecule has 164 valence electrons. The van der Waals surface area contributed by atoms with Crippen LogP contribution in [0.3, 0.4) is 0 Å². The average molecular weight is 415 g/mol. The topological polar surface area (TPSA) is 54.4 Å². The summed E-state index contributed by atoms with van der Waals surface area (Å²) in [4.78, 5) is 24.1. The van der Waals surface area contributed by atoms with Crippen LogP contribution < -0.4 is 0 Å². The Bertz CT molecular complexity index is 689. The van der Waals surface area contributed by atoms with Crippen molar-refractivity contribution < 1.29 is 27.9 Å². The number of fused-ring (bicyclic) bond motifs is 5. The minimum absolute atomic E-state index is 0.182.